The van der Waals surface area contributed by atoms with E-state index in [1.54, 1.807) is 0 Å². The van der Waals surface area contributed by atoms with Crippen molar-refractivity contribution in [2.24, 2.45) is 5.41 Å². The van der Waals surface area contributed by atoms with Crippen LogP contribution in [0.25, 0.3) is 0 Å². The number of ether oxygens (including phenoxy) is 1. The predicted octanol–water partition coefficient (Wildman–Crippen LogP) is 2.87. The fraction of sp³-hybridized carbons (Fsp3) is 0.625. The zero-order chi connectivity index (χ0) is 14.2. The summed E-state index contributed by atoms with van der Waals surface area (Å²) in [7, 11) is 0. The summed E-state index contributed by atoms with van der Waals surface area (Å²) in [5.74, 6) is 0. The number of halogens is 1. The maximum absolute atomic E-state index is 9.65. The number of rotatable bonds is 6. The predicted molar refractivity (Wildman–Crippen MR) is 79.9 cm³/mol. The molecular formula is C16H22ClNO2. The van der Waals surface area contributed by atoms with E-state index in [2.05, 4.69) is 24.0 Å². The maximum Gasteiger partial charge on any atom is 0.0579 e. The first-order chi connectivity index (χ1) is 9.63. The topological polar surface area (TPSA) is 32.7 Å². The van der Waals surface area contributed by atoms with Crippen molar-refractivity contribution in [2.45, 2.75) is 31.8 Å². The maximum atomic E-state index is 9.65. The highest BCUT2D eigenvalue weighted by molar-refractivity contribution is 6.30. The van der Waals surface area contributed by atoms with Crippen molar-refractivity contribution in [3.8, 4) is 0 Å². The summed E-state index contributed by atoms with van der Waals surface area (Å²) in [6, 6.07) is 9.12. The molecule has 1 atom stereocenters. The molecule has 0 bridgehead atoms. The molecule has 4 heteroatoms. The molecule has 1 aromatic rings. The van der Waals surface area contributed by atoms with Crippen LogP contribution >= 0.6 is 11.6 Å². The van der Waals surface area contributed by atoms with Gasteiger partial charge in [0.15, 0.2) is 0 Å². The first-order valence-corrected chi connectivity index (χ1v) is 7.71. The average molecular weight is 296 g/mol. The lowest BCUT2D eigenvalue weighted by atomic mass is 9.85. The molecule has 1 aliphatic heterocycles. The lowest BCUT2D eigenvalue weighted by Gasteiger charge is -2.45. The van der Waals surface area contributed by atoms with Crippen molar-refractivity contribution in [1.29, 1.82) is 0 Å². The van der Waals surface area contributed by atoms with Gasteiger partial charge in [0.25, 0.3) is 0 Å². The van der Waals surface area contributed by atoms with Crippen LogP contribution in [0.2, 0.25) is 5.02 Å². The summed E-state index contributed by atoms with van der Waals surface area (Å²) in [6.45, 7) is 4.73. The smallest absolute Gasteiger partial charge is 0.0579 e. The van der Waals surface area contributed by atoms with E-state index in [9.17, 15) is 5.11 Å². The van der Waals surface area contributed by atoms with E-state index in [1.807, 2.05) is 12.1 Å². The third-order valence-electron chi connectivity index (χ3n) is 4.54. The van der Waals surface area contributed by atoms with Gasteiger partial charge in [0.2, 0.25) is 0 Å². The fourth-order valence-electron chi connectivity index (χ4n) is 2.93. The van der Waals surface area contributed by atoms with Crippen molar-refractivity contribution < 1.29 is 9.84 Å². The Kier molecular flexibility index (Phi) is 4.04. The van der Waals surface area contributed by atoms with Gasteiger partial charge in [0, 0.05) is 23.7 Å². The Balaban J connectivity index is 1.74. The van der Waals surface area contributed by atoms with E-state index in [-0.39, 0.29) is 12.0 Å². The van der Waals surface area contributed by atoms with Crippen LogP contribution in [-0.2, 0) is 4.74 Å². The standard InChI is InChI=1S/C16H22ClNO2/c1-12(13-2-4-14(17)5-3-13)18(15-6-7-15)8-16(9-19)10-20-11-16/h2-5,12,15,19H,6-11H2,1H3. The van der Waals surface area contributed by atoms with Gasteiger partial charge in [0.1, 0.15) is 0 Å². The van der Waals surface area contributed by atoms with Crippen LogP contribution in [0.5, 0.6) is 0 Å². The van der Waals surface area contributed by atoms with Crippen LogP contribution in [0.4, 0.5) is 0 Å². The molecule has 0 amide bonds. The molecule has 3 rings (SSSR count). The quantitative estimate of drug-likeness (QED) is 0.876. The third kappa shape index (κ3) is 2.86. The van der Waals surface area contributed by atoms with E-state index in [0.29, 0.717) is 25.3 Å². The Morgan fingerprint density at radius 1 is 1.35 bits per heavy atom. The molecule has 1 unspecified atom stereocenters. The lowest BCUT2D eigenvalue weighted by molar-refractivity contribution is -0.152. The van der Waals surface area contributed by atoms with Crippen molar-refractivity contribution >= 4 is 11.6 Å². The summed E-state index contributed by atoms with van der Waals surface area (Å²) in [4.78, 5) is 2.53. The van der Waals surface area contributed by atoms with Gasteiger partial charge in [-0.15, -0.1) is 0 Å². The largest absolute Gasteiger partial charge is 0.396 e. The van der Waals surface area contributed by atoms with E-state index in [4.69, 9.17) is 16.3 Å². The summed E-state index contributed by atoms with van der Waals surface area (Å²) < 4.78 is 5.33. The third-order valence-corrected chi connectivity index (χ3v) is 4.79. The Hall–Kier alpha value is -0.610. The molecule has 1 N–H and O–H groups in total. The van der Waals surface area contributed by atoms with E-state index in [0.717, 1.165) is 11.6 Å². The van der Waals surface area contributed by atoms with E-state index >= 15 is 0 Å². The highest BCUT2D eigenvalue weighted by Gasteiger charge is 2.44. The average Bonchev–Trinajstić information content (AvgIpc) is 3.23. The first-order valence-electron chi connectivity index (χ1n) is 7.33. The molecule has 1 heterocycles. The van der Waals surface area contributed by atoms with Crippen LogP contribution in [0, 0.1) is 5.41 Å². The summed E-state index contributed by atoms with van der Waals surface area (Å²) in [6.07, 6.45) is 2.53. The van der Waals surface area contributed by atoms with Gasteiger partial charge in [-0.25, -0.2) is 0 Å². The van der Waals surface area contributed by atoms with Crippen LogP contribution in [-0.4, -0.2) is 42.4 Å². The van der Waals surface area contributed by atoms with Gasteiger partial charge in [-0.2, -0.15) is 0 Å². The van der Waals surface area contributed by atoms with Crippen LogP contribution < -0.4 is 0 Å². The minimum Gasteiger partial charge on any atom is -0.396 e. The molecule has 20 heavy (non-hydrogen) atoms. The molecule has 1 aliphatic carbocycles. The summed E-state index contributed by atoms with van der Waals surface area (Å²) in [5, 5.41) is 10.4. The minimum atomic E-state index is -0.0523. The van der Waals surface area contributed by atoms with Gasteiger partial charge < -0.3 is 9.84 Å². The first kappa shape index (κ1) is 14.3. The van der Waals surface area contributed by atoms with Gasteiger partial charge in [0.05, 0.1) is 25.2 Å². The molecule has 1 saturated heterocycles. The zero-order valence-electron chi connectivity index (χ0n) is 11.9. The number of benzene rings is 1. The lowest BCUT2D eigenvalue weighted by Crippen LogP contribution is -2.54. The monoisotopic (exact) mass is 295 g/mol. The van der Waals surface area contributed by atoms with Gasteiger partial charge in [-0.3, -0.25) is 4.90 Å². The number of hydrogen-bond acceptors (Lipinski definition) is 3. The van der Waals surface area contributed by atoms with Crippen LogP contribution in [0.15, 0.2) is 24.3 Å². The second-order valence-corrected chi connectivity index (χ2v) is 6.72. The van der Waals surface area contributed by atoms with Crippen molar-refractivity contribution in [1.82, 2.24) is 4.90 Å². The van der Waals surface area contributed by atoms with E-state index in [1.165, 1.54) is 18.4 Å². The van der Waals surface area contributed by atoms with Crippen molar-refractivity contribution in [2.75, 3.05) is 26.4 Å². The number of hydrogen-bond donors (Lipinski definition) is 1. The Morgan fingerprint density at radius 3 is 2.45 bits per heavy atom. The molecular weight excluding hydrogens is 274 g/mol. The molecule has 2 fully saturated rings. The van der Waals surface area contributed by atoms with Gasteiger partial charge >= 0.3 is 0 Å². The van der Waals surface area contributed by atoms with Gasteiger partial charge in [-0.05, 0) is 37.5 Å². The summed E-state index contributed by atoms with van der Waals surface area (Å²) >= 11 is 5.97. The number of aliphatic hydroxyl groups is 1. The highest BCUT2D eigenvalue weighted by Crippen LogP contribution is 2.39. The van der Waals surface area contributed by atoms with Crippen LogP contribution in [0.1, 0.15) is 31.4 Å². The molecule has 1 saturated carbocycles. The molecule has 110 valence electrons. The van der Waals surface area contributed by atoms with Crippen LogP contribution in [0.3, 0.4) is 0 Å². The molecule has 0 aromatic heterocycles. The number of aliphatic hydroxyl groups excluding tert-OH is 1. The molecule has 1 aromatic carbocycles. The molecule has 0 radical (unpaired) electrons. The van der Waals surface area contributed by atoms with E-state index < -0.39 is 0 Å². The van der Waals surface area contributed by atoms with Crippen molar-refractivity contribution in [3.05, 3.63) is 34.9 Å². The highest BCUT2D eigenvalue weighted by atomic mass is 35.5. The molecule has 3 nitrogen and oxygen atoms in total. The SMILES string of the molecule is CC(c1ccc(Cl)cc1)N(CC1(CO)COC1)C1CC1. The number of nitrogens with zero attached hydrogens (tertiary/aromatic N) is 1. The van der Waals surface area contributed by atoms with Crippen molar-refractivity contribution in [3.63, 3.8) is 0 Å². The molecule has 2 aliphatic rings. The Bertz CT molecular complexity index is 449. The minimum absolute atomic E-state index is 0.0523. The second-order valence-electron chi connectivity index (χ2n) is 6.28. The second kappa shape index (κ2) is 5.64. The fourth-order valence-corrected chi connectivity index (χ4v) is 3.06. The summed E-state index contributed by atoms with van der Waals surface area (Å²) in [5.41, 5.74) is 1.23. The Labute approximate surface area is 125 Å². The zero-order valence-corrected chi connectivity index (χ0v) is 12.6. The molecule has 0 spiro atoms. The van der Waals surface area contributed by atoms with Gasteiger partial charge in [-0.1, -0.05) is 23.7 Å². The Morgan fingerprint density at radius 2 is 2.00 bits per heavy atom. The normalized spacial score (nSPS) is 22.6.